The molecule has 4 rings (SSSR count). The molecule has 158 valence electrons. The fourth-order valence-electron chi connectivity index (χ4n) is 4.00. The Balaban J connectivity index is 1.57. The number of amides is 1. The van der Waals surface area contributed by atoms with E-state index in [-0.39, 0.29) is 5.91 Å². The molecule has 0 N–H and O–H groups in total. The summed E-state index contributed by atoms with van der Waals surface area (Å²) in [4.78, 5) is 22.9. The van der Waals surface area contributed by atoms with Crippen LogP contribution < -0.4 is 0 Å². The summed E-state index contributed by atoms with van der Waals surface area (Å²) >= 11 is 1.45. The van der Waals surface area contributed by atoms with Crippen LogP contribution in [-0.4, -0.2) is 63.2 Å². The minimum absolute atomic E-state index is 0.0954. The Morgan fingerprint density at radius 3 is 2.40 bits per heavy atom. The van der Waals surface area contributed by atoms with Crippen molar-refractivity contribution in [2.24, 2.45) is 0 Å². The van der Waals surface area contributed by atoms with E-state index in [1.807, 2.05) is 29.5 Å². The van der Waals surface area contributed by atoms with Crippen molar-refractivity contribution in [3.05, 3.63) is 63.4 Å². The van der Waals surface area contributed by atoms with Crippen molar-refractivity contribution in [2.45, 2.75) is 34.1 Å². The average molecular weight is 424 g/mol. The van der Waals surface area contributed by atoms with Crippen molar-refractivity contribution in [2.75, 3.05) is 32.7 Å². The summed E-state index contributed by atoms with van der Waals surface area (Å²) in [5.74, 6) is 0.0954. The van der Waals surface area contributed by atoms with Gasteiger partial charge in [0, 0.05) is 43.9 Å². The van der Waals surface area contributed by atoms with Crippen LogP contribution in [0.5, 0.6) is 0 Å². The monoisotopic (exact) mass is 423 g/mol. The molecule has 1 saturated heterocycles. The van der Waals surface area contributed by atoms with E-state index in [2.05, 4.69) is 43.0 Å². The van der Waals surface area contributed by atoms with E-state index < -0.39 is 0 Å². The summed E-state index contributed by atoms with van der Waals surface area (Å²) in [5, 5.41) is 5.52. The lowest BCUT2D eigenvalue weighted by Gasteiger charge is -2.33. The minimum Gasteiger partial charge on any atom is -0.335 e. The van der Waals surface area contributed by atoms with Crippen LogP contribution in [0.4, 0.5) is 0 Å². The zero-order chi connectivity index (χ0) is 21.3. The third-order valence-electron chi connectivity index (χ3n) is 5.93. The zero-order valence-electron chi connectivity index (χ0n) is 18.2. The minimum atomic E-state index is 0.0954. The summed E-state index contributed by atoms with van der Waals surface area (Å²) in [7, 11) is 0. The number of hydrogen-bond acceptors (Lipinski definition) is 5. The normalized spacial score (nSPS) is 15.0. The van der Waals surface area contributed by atoms with E-state index in [4.69, 9.17) is 10.1 Å². The first-order valence-electron chi connectivity index (χ1n) is 10.6. The lowest BCUT2D eigenvalue weighted by molar-refractivity contribution is 0.0647. The highest BCUT2D eigenvalue weighted by atomic mass is 32.1. The summed E-state index contributed by atoms with van der Waals surface area (Å²) < 4.78 is 1.90. The molecule has 7 heteroatoms. The summed E-state index contributed by atoms with van der Waals surface area (Å²) in [6.07, 6.45) is 0.844. The van der Waals surface area contributed by atoms with Gasteiger partial charge in [-0.3, -0.25) is 4.79 Å². The maximum atomic E-state index is 13.1. The molecule has 3 aromatic rings. The molecule has 0 atom stereocenters. The van der Waals surface area contributed by atoms with Gasteiger partial charge in [-0.1, -0.05) is 48.6 Å². The lowest BCUT2D eigenvalue weighted by atomic mass is 10.0. The maximum absolute atomic E-state index is 13.1. The van der Waals surface area contributed by atoms with Crippen molar-refractivity contribution in [3.63, 3.8) is 0 Å². The first-order valence-corrected chi connectivity index (χ1v) is 11.4. The molecule has 0 saturated carbocycles. The van der Waals surface area contributed by atoms with Gasteiger partial charge in [-0.25, -0.2) is 9.67 Å². The summed E-state index contributed by atoms with van der Waals surface area (Å²) in [6.45, 7) is 12.7. The largest absolute Gasteiger partial charge is 0.335 e. The van der Waals surface area contributed by atoms with Gasteiger partial charge in [-0.05, 0) is 32.9 Å². The SMILES string of the molecule is CCN1CCN(C(=O)c2sc(-n3nc(C)c(Cc4ccccc4)c3C)nc2C)CC1. The molecule has 0 spiro atoms. The second-order valence-electron chi connectivity index (χ2n) is 7.86. The third kappa shape index (κ3) is 4.04. The molecule has 1 aliphatic heterocycles. The van der Waals surface area contributed by atoms with E-state index in [0.717, 1.165) is 66.2 Å². The molecular formula is C23H29N5OS. The summed E-state index contributed by atoms with van der Waals surface area (Å²) in [6, 6.07) is 10.4. The number of aryl methyl sites for hydroxylation is 2. The molecular weight excluding hydrogens is 394 g/mol. The van der Waals surface area contributed by atoms with Crippen molar-refractivity contribution < 1.29 is 4.79 Å². The number of piperazine rings is 1. The topological polar surface area (TPSA) is 54.3 Å². The van der Waals surface area contributed by atoms with Crippen molar-refractivity contribution >= 4 is 17.2 Å². The Morgan fingerprint density at radius 1 is 1.03 bits per heavy atom. The van der Waals surface area contributed by atoms with Crippen LogP contribution in [0.15, 0.2) is 30.3 Å². The lowest BCUT2D eigenvalue weighted by Crippen LogP contribution is -2.48. The number of hydrogen-bond donors (Lipinski definition) is 0. The van der Waals surface area contributed by atoms with Crippen LogP contribution >= 0.6 is 11.3 Å². The molecule has 1 aromatic carbocycles. The Kier molecular flexibility index (Phi) is 6.01. The van der Waals surface area contributed by atoms with Gasteiger partial charge in [0.05, 0.1) is 11.4 Å². The van der Waals surface area contributed by atoms with Crippen LogP contribution in [0.25, 0.3) is 5.13 Å². The number of nitrogens with zero attached hydrogens (tertiary/aromatic N) is 5. The van der Waals surface area contributed by atoms with Crippen molar-refractivity contribution in [1.29, 1.82) is 0 Å². The van der Waals surface area contributed by atoms with E-state index in [1.165, 1.54) is 22.5 Å². The zero-order valence-corrected chi connectivity index (χ0v) is 19.0. The second-order valence-corrected chi connectivity index (χ2v) is 8.84. The number of benzene rings is 1. The van der Waals surface area contributed by atoms with Gasteiger partial charge >= 0.3 is 0 Å². The second kappa shape index (κ2) is 8.70. The summed E-state index contributed by atoms with van der Waals surface area (Å²) in [5.41, 5.74) is 5.36. The Bertz CT molecular complexity index is 1030. The van der Waals surface area contributed by atoms with E-state index in [1.54, 1.807) is 0 Å². The molecule has 30 heavy (non-hydrogen) atoms. The van der Waals surface area contributed by atoms with E-state index in [0.29, 0.717) is 0 Å². The average Bonchev–Trinajstić information content (AvgIpc) is 3.28. The maximum Gasteiger partial charge on any atom is 0.266 e. The van der Waals surface area contributed by atoms with Gasteiger partial charge in [-0.15, -0.1) is 0 Å². The quantitative estimate of drug-likeness (QED) is 0.629. The van der Waals surface area contributed by atoms with Gasteiger partial charge < -0.3 is 9.80 Å². The fourth-order valence-corrected chi connectivity index (χ4v) is 5.04. The molecule has 2 aromatic heterocycles. The van der Waals surface area contributed by atoms with Crippen LogP contribution in [0.2, 0.25) is 0 Å². The number of thiazole rings is 1. The Labute approximate surface area is 182 Å². The van der Waals surface area contributed by atoms with Crippen molar-refractivity contribution in [1.82, 2.24) is 24.6 Å². The van der Waals surface area contributed by atoms with Gasteiger partial charge in [0.25, 0.3) is 5.91 Å². The molecule has 0 bridgehead atoms. The standard InChI is InChI=1S/C23H29N5OS/c1-5-26-11-13-27(14-12-26)22(29)21-17(3)24-23(30-21)28-18(4)20(16(2)25-28)15-19-9-7-6-8-10-19/h6-10H,5,11-15H2,1-4H3. The van der Waals surface area contributed by atoms with Crippen LogP contribution in [0, 0.1) is 20.8 Å². The van der Waals surface area contributed by atoms with Crippen LogP contribution in [0.3, 0.4) is 0 Å². The van der Waals surface area contributed by atoms with Gasteiger partial charge in [0.1, 0.15) is 4.88 Å². The number of carbonyl (C=O) groups is 1. The molecule has 1 fully saturated rings. The molecule has 3 heterocycles. The highest BCUT2D eigenvalue weighted by molar-refractivity contribution is 7.16. The van der Waals surface area contributed by atoms with Gasteiger partial charge in [0.2, 0.25) is 5.13 Å². The Morgan fingerprint density at radius 2 is 1.73 bits per heavy atom. The van der Waals surface area contributed by atoms with Gasteiger partial charge in [-0.2, -0.15) is 5.10 Å². The van der Waals surface area contributed by atoms with Crippen LogP contribution in [-0.2, 0) is 6.42 Å². The van der Waals surface area contributed by atoms with E-state index in [9.17, 15) is 4.79 Å². The molecule has 1 aliphatic rings. The van der Waals surface area contributed by atoms with Crippen molar-refractivity contribution in [3.8, 4) is 5.13 Å². The predicted molar refractivity (Wildman–Crippen MR) is 121 cm³/mol. The highest BCUT2D eigenvalue weighted by Gasteiger charge is 2.26. The first-order chi connectivity index (χ1) is 14.5. The predicted octanol–water partition coefficient (Wildman–Crippen LogP) is 3.62. The first kappa shape index (κ1) is 20.8. The van der Waals surface area contributed by atoms with Crippen LogP contribution in [0.1, 0.15) is 44.8 Å². The smallest absolute Gasteiger partial charge is 0.266 e. The van der Waals surface area contributed by atoms with E-state index >= 15 is 0 Å². The molecule has 6 nitrogen and oxygen atoms in total. The number of rotatable bonds is 5. The highest BCUT2D eigenvalue weighted by Crippen LogP contribution is 2.27. The fraction of sp³-hybridized carbons (Fsp3) is 0.435. The number of carbonyl (C=O) groups excluding carboxylic acids is 1. The third-order valence-corrected chi connectivity index (χ3v) is 7.05. The number of aromatic nitrogens is 3. The van der Waals surface area contributed by atoms with Gasteiger partial charge in [0.15, 0.2) is 0 Å². The molecule has 0 unspecified atom stereocenters. The number of likely N-dealkylation sites (N-methyl/N-ethyl adjacent to an activating group) is 1. The molecule has 0 radical (unpaired) electrons. The molecule has 0 aliphatic carbocycles. The Hall–Kier alpha value is -2.51. The molecule has 1 amide bonds.